The maximum atomic E-state index is 13.0. The van der Waals surface area contributed by atoms with Crippen LogP contribution in [-0.4, -0.2) is 146 Å². The van der Waals surface area contributed by atoms with Crippen molar-refractivity contribution in [2.75, 3.05) is 89.2 Å². The Bertz CT molecular complexity index is 3200. The molecule has 2 aromatic heterocycles. The molecule has 4 amide bonds. The van der Waals surface area contributed by atoms with Gasteiger partial charge in [0.05, 0.1) is 66.3 Å². The molecule has 85 heavy (non-hydrogen) atoms. The number of alkyl halides is 5. The Morgan fingerprint density at radius 3 is 1.52 bits per heavy atom. The molecule has 1 aliphatic heterocycles. The molecule has 1 fully saturated rings. The third kappa shape index (κ3) is 20.7. The third-order valence-corrected chi connectivity index (χ3v) is 15.9. The fourth-order valence-corrected chi connectivity index (χ4v) is 11.5. The molecule has 4 aromatic carbocycles. The third-order valence-electron chi connectivity index (χ3n) is 13.2. The number of aromatic nitrogens is 2. The number of nitrogens with zero attached hydrogens (tertiary/aromatic N) is 3. The number of nitrogens with two attached hydrogens (primary N) is 1. The molecule has 3 heterocycles. The lowest BCUT2D eigenvalue weighted by molar-refractivity contribution is -0.192. The van der Waals surface area contributed by atoms with Crippen LogP contribution in [0.5, 0.6) is 23.0 Å². The largest absolute Gasteiger partial charge is 0.493 e. The fraction of sp³-hybridized carbons (Fsp3) is 0.397. The number of methoxy groups -OCH3 is 4. The summed E-state index contributed by atoms with van der Waals surface area (Å²) in [6.45, 7) is 5.73. The number of aryl methyl sites for hydroxylation is 2. The van der Waals surface area contributed by atoms with Gasteiger partial charge in [0.25, 0.3) is 23.6 Å². The molecule has 27 heteroatoms. The summed E-state index contributed by atoms with van der Waals surface area (Å²) in [7, 11) is 6.13. The van der Waals surface area contributed by atoms with Crippen LogP contribution >= 0.6 is 54.5 Å². The number of amides is 4. The number of carbonyl (C=O) groups is 5. The summed E-state index contributed by atoms with van der Waals surface area (Å²) in [5.74, 6) is -1.63. The van der Waals surface area contributed by atoms with E-state index in [-0.39, 0.29) is 42.8 Å². The molecule has 7 N–H and O–H groups in total. The minimum Gasteiger partial charge on any atom is -0.493 e. The average molecular weight is 1350 g/mol. The van der Waals surface area contributed by atoms with Crippen LogP contribution in [0.15, 0.2) is 84.9 Å². The van der Waals surface area contributed by atoms with Crippen molar-refractivity contribution >= 4 is 94.4 Å². The van der Waals surface area contributed by atoms with Crippen LogP contribution in [0.2, 0.25) is 0 Å². The van der Waals surface area contributed by atoms with Gasteiger partial charge in [0.2, 0.25) is 0 Å². The highest BCUT2D eigenvalue weighted by Gasteiger charge is 2.38. The average Bonchev–Trinajstić information content (AvgIpc) is 4.16. The van der Waals surface area contributed by atoms with Crippen LogP contribution in [-0.2, 0) is 53.0 Å². The summed E-state index contributed by atoms with van der Waals surface area (Å²) >= 11 is 9.53. The summed E-state index contributed by atoms with van der Waals surface area (Å²) in [5, 5.41) is 21.8. The van der Waals surface area contributed by atoms with Gasteiger partial charge in [-0.25, -0.2) is 14.8 Å². The minimum atomic E-state index is -5.08. The number of halogens is 5. The Hall–Kier alpha value is -6.72. The lowest BCUT2D eigenvalue weighted by Gasteiger charge is -2.36. The van der Waals surface area contributed by atoms with Crippen LogP contribution in [0, 0.1) is 0 Å². The van der Waals surface area contributed by atoms with E-state index in [1.54, 1.807) is 92.3 Å². The normalized spacial score (nSPS) is 15.2. The second-order valence-electron chi connectivity index (χ2n) is 18.9. The van der Waals surface area contributed by atoms with Crippen molar-refractivity contribution in [1.29, 1.82) is 0 Å². The van der Waals surface area contributed by atoms with Gasteiger partial charge < -0.3 is 49.9 Å². The summed E-state index contributed by atoms with van der Waals surface area (Å²) in [6.07, 6.45) is 0.468. The summed E-state index contributed by atoms with van der Waals surface area (Å²) in [6, 6.07) is 25.0. The van der Waals surface area contributed by atoms with Crippen LogP contribution < -0.4 is 45.9 Å². The zero-order valence-electron chi connectivity index (χ0n) is 47.1. The van der Waals surface area contributed by atoms with Gasteiger partial charge in [0, 0.05) is 80.9 Å². The quantitative estimate of drug-likeness (QED) is 0.0326. The second-order valence-corrected chi connectivity index (χ2v) is 22.7. The van der Waals surface area contributed by atoms with Crippen molar-refractivity contribution in [1.82, 2.24) is 25.5 Å². The number of aliphatic carboxylic acids is 1. The van der Waals surface area contributed by atoms with Crippen LogP contribution in [0.25, 0.3) is 0 Å². The molecule has 0 saturated carbocycles. The number of carboxylic acid groups (broad SMARTS) is 1. The molecule has 2 aliphatic carbocycles. The smallest absolute Gasteiger partial charge is 0.490 e. The van der Waals surface area contributed by atoms with Crippen molar-refractivity contribution in [3.63, 3.8) is 0 Å². The number of hydrogen-bond acceptors (Lipinski definition) is 17. The molecule has 458 valence electrons. The number of hydrogen-bond donors (Lipinski definition) is 6. The molecule has 2 atom stereocenters. The van der Waals surface area contributed by atoms with E-state index in [1.165, 1.54) is 30.4 Å². The molecule has 9 rings (SSSR count). The maximum absolute atomic E-state index is 13.0. The fourth-order valence-electron chi connectivity index (χ4n) is 8.84. The number of morpholine rings is 1. The highest BCUT2D eigenvalue weighted by Crippen LogP contribution is 2.34. The Morgan fingerprint density at radius 1 is 0.647 bits per heavy atom. The van der Waals surface area contributed by atoms with E-state index in [1.807, 2.05) is 18.2 Å². The number of ether oxygens (including phenoxy) is 6. The molecule has 6 aromatic rings. The number of benzene rings is 4. The molecule has 3 aliphatic rings. The molecule has 20 nitrogen and oxygen atoms in total. The topological polar surface area (TPSA) is 264 Å². The van der Waals surface area contributed by atoms with E-state index in [4.69, 9.17) is 49.0 Å². The lowest BCUT2D eigenvalue weighted by atomic mass is 9.96. The number of anilines is 2. The van der Waals surface area contributed by atoms with Gasteiger partial charge in [-0.05, 0) is 110 Å². The van der Waals surface area contributed by atoms with Crippen molar-refractivity contribution in [3.05, 3.63) is 139 Å². The number of rotatable bonds is 19. The standard InChI is InChI=1S/C28H32N4O5S.C24H26N4O4S.C4H8Br2O.C2HF3O2/c1-35-23-9-6-20(15-24(23)36-2)26(33)29-17-18-4-3-5-19(14-18)27(34)31-28-30-22-8-7-21(16-25(22)38-28)32-10-12-37-13-11-32;1-31-19-9-6-16(11-20(19)32-2)22(29)26-13-14-4-3-5-15(10-14)23(30)28-24-27-18-8-7-17(25)12-21(18)33-24;5-1-3-7-4-2-6;3-2(4,5)1(6)7/h3-6,9,14-15,21H,7-8,10-13,16-17H2,1-2H3,(H,29,33)(H,30,31,34);3-6,9-11,17H,7-8,12-13,25H2,1-2H3,(H,26,29)(H,27,28,30);1-4H2;(H,6,7)/t21-;17-;;/m11../s1. The van der Waals surface area contributed by atoms with Crippen molar-refractivity contribution in [2.24, 2.45) is 5.73 Å². The summed E-state index contributed by atoms with van der Waals surface area (Å²) in [5.41, 5.74) is 11.7. The van der Waals surface area contributed by atoms with Gasteiger partial charge in [0.15, 0.2) is 33.3 Å². The van der Waals surface area contributed by atoms with Gasteiger partial charge >= 0.3 is 12.1 Å². The Labute approximate surface area is 514 Å². The van der Waals surface area contributed by atoms with Crippen LogP contribution in [0.4, 0.5) is 23.4 Å². The van der Waals surface area contributed by atoms with Crippen molar-refractivity contribution in [2.45, 2.75) is 69.9 Å². The van der Waals surface area contributed by atoms with Gasteiger partial charge in [0.1, 0.15) is 0 Å². The molecular formula is C58H67Br2F3N8O12S2. The zero-order chi connectivity index (χ0) is 61.5. The zero-order valence-corrected chi connectivity index (χ0v) is 51.9. The van der Waals surface area contributed by atoms with Crippen LogP contribution in [0.3, 0.4) is 0 Å². The van der Waals surface area contributed by atoms with Gasteiger partial charge in [-0.3, -0.25) is 34.7 Å². The Kier molecular flexibility index (Phi) is 26.8. The van der Waals surface area contributed by atoms with E-state index in [2.05, 4.69) is 63.0 Å². The number of carbonyl (C=O) groups excluding carboxylic acids is 4. The minimum absolute atomic E-state index is 0.160. The first-order valence-electron chi connectivity index (χ1n) is 26.7. The van der Waals surface area contributed by atoms with Gasteiger partial charge in [-0.15, -0.1) is 22.7 Å². The van der Waals surface area contributed by atoms with E-state index in [9.17, 15) is 32.3 Å². The number of carboxylic acids is 1. The summed E-state index contributed by atoms with van der Waals surface area (Å²) < 4.78 is 63.2. The van der Waals surface area contributed by atoms with Crippen molar-refractivity contribution in [3.8, 4) is 23.0 Å². The highest BCUT2D eigenvalue weighted by molar-refractivity contribution is 9.09. The van der Waals surface area contributed by atoms with E-state index < -0.39 is 12.1 Å². The molecule has 0 spiro atoms. The number of thiazole rings is 2. The SMILES string of the molecule is BrCCOCCBr.COc1ccc(C(=O)NCc2cccc(C(=O)Nc3nc4c(s3)C[C@H](N)CC4)c2)cc1OC.COc1ccc(C(=O)NCc2cccc(C(=O)Nc3nc4c(s3)C[C@H](N3CCOCC3)CC4)c2)cc1OC.O=C(O)C(F)(F)F. The van der Waals surface area contributed by atoms with Crippen molar-refractivity contribution < 1.29 is 70.7 Å². The van der Waals surface area contributed by atoms with Gasteiger partial charge in [-0.1, -0.05) is 56.1 Å². The first kappa shape index (κ1) is 67.4. The van der Waals surface area contributed by atoms with E-state index in [0.29, 0.717) is 61.6 Å². The molecule has 0 bridgehead atoms. The van der Waals surface area contributed by atoms with Crippen LogP contribution in [0.1, 0.15) is 86.5 Å². The predicted molar refractivity (Wildman–Crippen MR) is 325 cm³/mol. The Morgan fingerprint density at radius 2 is 1.08 bits per heavy atom. The second kappa shape index (κ2) is 33.8. The first-order chi connectivity index (χ1) is 40.9. The Balaban J connectivity index is 0.000000224. The van der Waals surface area contributed by atoms with E-state index >= 15 is 0 Å². The predicted octanol–water partition coefficient (Wildman–Crippen LogP) is 9.12. The summed E-state index contributed by atoms with van der Waals surface area (Å²) in [4.78, 5) is 74.0. The maximum Gasteiger partial charge on any atom is 0.490 e. The lowest BCUT2D eigenvalue weighted by Crippen LogP contribution is -2.45. The number of fused-ring (bicyclic) bond motifs is 2. The molecule has 0 radical (unpaired) electrons. The first-order valence-corrected chi connectivity index (χ1v) is 30.6. The molecule has 0 unspecified atom stereocenters. The molecular weight excluding hydrogens is 1280 g/mol. The monoisotopic (exact) mass is 1350 g/mol. The highest BCUT2D eigenvalue weighted by atomic mass is 79.9. The van der Waals surface area contributed by atoms with E-state index in [0.717, 1.165) is 116 Å². The number of nitrogens with one attached hydrogen (secondary N) is 4. The molecule has 1 saturated heterocycles. The van der Waals surface area contributed by atoms with Gasteiger partial charge in [-0.2, -0.15) is 13.2 Å².